The van der Waals surface area contributed by atoms with Crippen LogP contribution in [0.25, 0.3) is 0 Å². The number of aliphatic hydroxyl groups excluding tert-OH is 1. The minimum absolute atomic E-state index is 0.0209. The molecular weight excluding hydrogens is 1100 g/mol. The topological polar surface area (TPSA) is 290 Å². The zero-order valence-corrected chi connectivity index (χ0v) is 51.1. The van der Waals surface area contributed by atoms with Crippen LogP contribution >= 0.6 is 0 Å². The third kappa shape index (κ3) is 18.5. The number of aliphatic hydroxyl groups is 1. The minimum atomic E-state index is -1.14. The number of likely N-dealkylation sites (tertiary alicyclic amines) is 1. The molecule has 0 spiro atoms. The lowest BCUT2D eigenvalue weighted by Gasteiger charge is -2.41. The number of carbonyl (C=O) groups excluding carboxylic acids is 9. The van der Waals surface area contributed by atoms with Gasteiger partial charge in [-0.2, -0.15) is 0 Å². The van der Waals surface area contributed by atoms with Gasteiger partial charge in [0.1, 0.15) is 30.7 Å². The number of amides is 9. The van der Waals surface area contributed by atoms with E-state index in [1.54, 1.807) is 65.6 Å². The van der Waals surface area contributed by atoms with Crippen LogP contribution in [0.4, 0.5) is 15.3 Å². The fourth-order valence-corrected chi connectivity index (χ4v) is 10.9. The van der Waals surface area contributed by atoms with E-state index >= 15 is 0 Å². The van der Waals surface area contributed by atoms with Gasteiger partial charge >= 0.3 is 12.2 Å². The van der Waals surface area contributed by atoms with Crippen LogP contribution in [0.1, 0.15) is 122 Å². The van der Waals surface area contributed by atoms with E-state index in [1.807, 2.05) is 32.0 Å². The predicted octanol–water partition coefficient (Wildman–Crippen LogP) is 5.41. The summed E-state index contributed by atoms with van der Waals surface area (Å²) >= 11 is 0. The number of hydrogen-bond donors (Lipinski definition) is 5. The summed E-state index contributed by atoms with van der Waals surface area (Å²) in [6, 6.07) is 9.43. The standard InChI is InChI=1S/C61H88N8O16/c1-13-38(6)53(47(80-11)32-50(72)68-28-17-22-46(68)55(81-12)39(7)56(74)63-40(8)54(73)42-19-15-14-16-20-42)66(9)59(77)51(36(2)3)65-58(76)52(37(4)5)67(10)61(79)84-33-41-23-24-45(64-60(78)85-43-21-18-30-82-35-83-34-43)44(31-41)57(75)62-27-29-69-48(70)25-26-49(69)71/h14-16,19-20,23-26,31,34,36-40,46-47,51-55,73H,13,17-18,21-22,27-30,32-33,35H2,1-12H3,(H,62,75)(H,63,74)(H,64,78)(H,65,76)/b43-34+/t38-,39+,40+,46-,47+,51-,52-,53-,54+,55+/m0/s1. The average Bonchev–Trinajstić information content (AvgIpc) is 3.70. The molecule has 5 rings (SSSR count). The summed E-state index contributed by atoms with van der Waals surface area (Å²) in [7, 11) is 6.02. The van der Waals surface area contributed by atoms with Crippen LogP contribution in [0.3, 0.4) is 0 Å². The number of nitrogens with one attached hydrogen (secondary N) is 4. The van der Waals surface area contributed by atoms with E-state index in [1.165, 1.54) is 50.6 Å². The Morgan fingerprint density at radius 3 is 2.18 bits per heavy atom. The third-order valence-electron chi connectivity index (χ3n) is 15.8. The molecule has 3 aliphatic rings. The SMILES string of the molecule is CC[C@H](C)[C@@H]([C@@H](CC(=O)N1CCC[C@H]1[C@H](OC)[C@@H](C)C(=O)N[C@H](C)[C@@H](O)c1ccccc1)OC)N(C)C(=O)[C@@H](NC(=O)[C@H](C(C)C)N(C)C(=O)OCc1ccc(NC(=O)O/C2=C/OCOCCC2)c(C(=O)NCCN2C(=O)C=CC2=O)c1)C(C)C. The molecule has 1 saturated heterocycles. The molecule has 5 N–H and O–H groups in total. The number of hydrogen-bond acceptors (Lipinski definition) is 16. The second-order valence-electron chi connectivity index (χ2n) is 22.5. The Balaban J connectivity index is 1.26. The van der Waals surface area contributed by atoms with Crippen LogP contribution in [-0.4, -0.2) is 182 Å². The largest absolute Gasteiger partial charge is 0.472 e. The van der Waals surface area contributed by atoms with E-state index in [0.717, 1.165) is 22.0 Å². The Hall–Kier alpha value is -7.41. The summed E-state index contributed by atoms with van der Waals surface area (Å²) in [6.07, 6.45) is 1.95. The van der Waals surface area contributed by atoms with Crippen LogP contribution in [0.2, 0.25) is 0 Å². The molecule has 0 saturated carbocycles. The Kier molecular flexibility index (Phi) is 26.3. The molecule has 24 heteroatoms. The molecule has 0 aromatic heterocycles. The van der Waals surface area contributed by atoms with Gasteiger partial charge in [0.25, 0.3) is 17.7 Å². The molecule has 85 heavy (non-hydrogen) atoms. The summed E-state index contributed by atoms with van der Waals surface area (Å²) in [5.74, 6) is -4.98. The number of nitrogens with zero attached hydrogens (tertiary/aromatic N) is 4. The molecule has 9 amide bonds. The van der Waals surface area contributed by atoms with Crippen molar-refractivity contribution in [3.05, 3.63) is 89.4 Å². The van der Waals surface area contributed by atoms with Gasteiger partial charge in [-0.25, -0.2) is 9.59 Å². The van der Waals surface area contributed by atoms with Crippen LogP contribution in [0, 0.1) is 23.7 Å². The highest BCUT2D eigenvalue weighted by Crippen LogP contribution is 2.31. The van der Waals surface area contributed by atoms with E-state index in [4.69, 9.17) is 28.4 Å². The number of ether oxygens (including phenoxy) is 6. The number of methoxy groups -OCH3 is 2. The number of likely N-dealkylation sites (N-methyl/N-ethyl adjacent to an activating group) is 2. The molecule has 2 aromatic rings. The summed E-state index contributed by atoms with van der Waals surface area (Å²) < 4.78 is 33.7. The molecule has 0 bridgehead atoms. The predicted molar refractivity (Wildman–Crippen MR) is 312 cm³/mol. The van der Waals surface area contributed by atoms with Crippen LogP contribution in [-0.2, 0) is 63.8 Å². The molecule has 468 valence electrons. The summed E-state index contributed by atoms with van der Waals surface area (Å²) in [4.78, 5) is 128. The van der Waals surface area contributed by atoms with Crippen molar-refractivity contribution < 1.29 is 76.7 Å². The number of carbonyl (C=O) groups is 9. The van der Waals surface area contributed by atoms with Gasteiger partial charge in [0, 0.05) is 66.5 Å². The molecule has 0 aliphatic carbocycles. The first-order valence-corrected chi connectivity index (χ1v) is 29.1. The third-order valence-corrected chi connectivity index (χ3v) is 15.8. The fraction of sp³-hybridized carbons (Fsp3) is 0.590. The second kappa shape index (κ2) is 32.8. The molecule has 10 atom stereocenters. The van der Waals surface area contributed by atoms with Crippen LogP contribution in [0.5, 0.6) is 0 Å². The molecule has 3 aliphatic heterocycles. The molecule has 0 unspecified atom stereocenters. The van der Waals surface area contributed by atoms with Gasteiger partial charge in [-0.3, -0.25) is 48.7 Å². The molecule has 3 heterocycles. The van der Waals surface area contributed by atoms with Crippen LogP contribution in [0.15, 0.2) is 72.7 Å². The first kappa shape index (κ1) is 68.4. The van der Waals surface area contributed by atoms with Crippen molar-refractivity contribution in [2.75, 3.05) is 66.7 Å². The quantitative estimate of drug-likeness (QED) is 0.0666. The van der Waals surface area contributed by atoms with E-state index in [0.29, 0.717) is 56.4 Å². The van der Waals surface area contributed by atoms with Gasteiger partial charge in [-0.1, -0.05) is 91.3 Å². The van der Waals surface area contributed by atoms with Gasteiger partial charge in [0.15, 0.2) is 6.79 Å². The van der Waals surface area contributed by atoms with Gasteiger partial charge < -0.3 is 59.3 Å². The van der Waals surface area contributed by atoms with Gasteiger partial charge in [-0.05, 0) is 67.2 Å². The molecule has 0 radical (unpaired) electrons. The Morgan fingerprint density at radius 2 is 1.54 bits per heavy atom. The minimum Gasteiger partial charge on any atom is -0.472 e. The normalized spacial score (nSPS) is 19.1. The van der Waals surface area contributed by atoms with Crippen molar-refractivity contribution in [1.29, 1.82) is 0 Å². The highest BCUT2D eigenvalue weighted by molar-refractivity contribution is 6.13. The number of anilines is 1. The number of benzene rings is 2. The van der Waals surface area contributed by atoms with Gasteiger partial charge in [-0.15, -0.1) is 0 Å². The Bertz CT molecular complexity index is 2690. The number of allylic oxidation sites excluding steroid dienone is 1. The van der Waals surface area contributed by atoms with Crippen molar-refractivity contribution in [2.24, 2.45) is 23.7 Å². The van der Waals surface area contributed by atoms with E-state index in [2.05, 4.69) is 21.3 Å². The van der Waals surface area contributed by atoms with Crippen LogP contribution < -0.4 is 21.3 Å². The number of rotatable bonds is 28. The maximum atomic E-state index is 14.8. The smallest absolute Gasteiger partial charge is 0.416 e. The zero-order valence-electron chi connectivity index (χ0n) is 51.1. The Morgan fingerprint density at radius 1 is 0.847 bits per heavy atom. The lowest BCUT2D eigenvalue weighted by molar-refractivity contribution is -0.148. The van der Waals surface area contributed by atoms with Crippen molar-refractivity contribution in [1.82, 2.24) is 35.6 Å². The Labute approximate surface area is 498 Å². The van der Waals surface area contributed by atoms with Crippen molar-refractivity contribution in [3.8, 4) is 0 Å². The first-order chi connectivity index (χ1) is 40.4. The zero-order chi connectivity index (χ0) is 62.7. The second-order valence-corrected chi connectivity index (χ2v) is 22.5. The van der Waals surface area contributed by atoms with Crippen molar-refractivity contribution in [2.45, 2.75) is 149 Å². The monoisotopic (exact) mass is 1190 g/mol. The number of imide groups is 1. The maximum absolute atomic E-state index is 14.8. The van der Waals surface area contributed by atoms with E-state index in [9.17, 15) is 48.3 Å². The highest BCUT2D eigenvalue weighted by Gasteiger charge is 2.44. The summed E-state index contributed by atoms with van der Waals surface area (Å²) in [5, 5.41) is 22.0. The summed E-state index contributed by atoms with van der Waals surface area (Å²) in [5.41, 5.74) is 0.922. The van der Waals surface area contributed by atoms with Gasteiger partial charge in [0.05, 0.1) is 66.6 Å². The molecule has 2 aromatic carbocycles. The van der Waals surface area contributed by atoms with E-state index in [-0.39, 0.29) is 61.0 Å². The average molecular weight is 1190 g/mol. The van der Waals surface area contributed by atoms with Gasteiger partial charge in [0.2, 0.25) is 23.6 Å². The van der Waals surface area contributed by atoms with Crippen molar-refractivity contribution in [3.63, 3.8) is 0 Å². The fourth-order valence-electron chi connectivity index (χ4n) is 10.9. The molecule has 1 fully saturated rings. The molecular formula is C61H88N8O16. The van der Waals surface area contributed by atoms with E-state index < -0.39 is 115 Å². The first-order valence-electron chi connectivity index (χ1n) is 29.1. The molecule has 24 nitrogen and oxygen atoms in total. The van der Waals surface area contributed by atoms with Crippen molar-refractivity contribution >= 4 is 59.2 Å². The lowest BCUT2D eigenvalue weighted by Crippen LogP contribution is -2.60. The highest BCUT2D eigenvalue weighted by atomic mass is 16.7. The lowest BCUT2D eigenvalue weighted by atomic mass is 9.89. The summed E-state index contributed by atoms with van der Waals surface area (Å²) in [6.45, 7) is 14.6. The maximum Gasteiger partial charge on any atom is 0.416 e.